The van der Waals surface area contributed by atoms with Gasteiger partial charge >= 0.3 is 7.82 Å². The monoisotopic (exact) mass is 1090 g/mol. The van der Waals surface area contributed by atoms with Crippen molar-refractivity contribution in [2.45, 2.75) is 321 Å². The number of likely N-dealkylation sites (N-methyl/N-ethyl adjacent to an activating group) is 1. The summed E-state index contributed by atoms with van der Waals surface area (Å²) in [6, 6.07) is -0.874. The lowest BCUT2D eigenvalue weighted by molar-refractivity contribution is -0.870. The fourth-order valence-electron chi connectivity index (χ4n) is 9.58. The van der Waals surface area contributed by atoms with Crippen LogP contribution in [0.1, 0.15) is 309 Å². The Labute approximate surface area is 472 Å². The van der Waals surface area contributed by atoms with E-state index >= 15 is 0 Å². The van der Waals surface area contributed by atoms with E-state index in [9.17, 15) is 19.4 Å². The van der Waals surface area contributed by atoms with Gasteiger partial charge in [-0.25, -0.2) is 4.57 Å². The van der Waals surface area contributed by atoms with Gasteiger partial charge in [-0.1, -0.05) is 286 Å². The number of allylic oxidation sites excluding steroid dienone is 9. The molecule has 0 bridgehead atoms. The first-order valence-electron chi connectivity index (χ1n) is 32.7. The highest BCUT2D eigenvalue weighted by Crippen LogP contribution is 2.43. The maximum atomic E-state index is 13.0. The third-order valence-electron chi connectivity index (χ3n) is 14.7. The number of nitrogens with zero attached hydrogens (tertiary/aromatic N) is 1. The minimum Gasteiger partial charge on any atom is -0.387 e. The first-order chi connectivity index (χ1) is 37.0. The number of carbonyl (C=O) groups is 1. The van der Waals surface area contributed by atoms with E-state index in [-0.39, 0.29) is 19.1 Å². The second-order valence-corrected chi connectivity index (χ2v) is 24.9. The zero-order valence-corrected chi connectivity index (χ0v) is 51.9. The van der Waals surface area contributed by atoms with Gasteiger partial charge in [0.1, 0.15) is 13.2 Å². The molecule has 0 heterocycles. The average Bonchev–Trinajstić information content (AvgIpc) is 3.38. The quantitative estimate of drug-likeness (QED) is 0.0243. The molecular formula is C67H128N2O6P+. The van der Waals surface area contributed by atoms with Crippen LogP contribution >= 0.6 is 7.82 Å². The zero-order chi connectivity index (χ0) is 55.6. The highest BCUT2D eigenvalue weighted by atomic mass is 31.2. The van der Waals surface area contributed by atoms with Gasteiger partial charge in [0.2, 0.25) is 5.91 Å². The molecule has 8 nitrogen and oxygen atoms in total. The number of carbonyl (C=O) groups excluding carboxylic acids is 1. The van der Waals surface area contributed by atoms with Crippen molar-refractivity contribution >= 4 is 13.7 Å². The standard InChI is InChI=1S/C67H127N2O6P/c1-6-8-10-12-14-16-18-20-22-24-26-28-30-32-33-34-35-37-39-41-43-45-47-49-51-53-55-57-59-61-67(71)68-65(64-75-76(72,73)74-63-62-69(3,4)5)66(70)60-58-56-54-52-50-48-46-44-42-40-38-36-31-29-27-25-23-21-19-17-15-13-11-9-7-2/h26,28,32-33,42,44,50,52,58,60,65-66,70H,6-25,27,29-31,34-41,43,45-49,51,53-57,59,61-64H2,1-5H3,(H-,68,71,72,73)/p+1/b28-26-,33-32-,44-42+,52-50+,60-58+. The number of aliphatic hydroxyl groups is 1. The Kier molecular flexibility index (Phi) is 56.5. The van der Waals surface area contributed by atoms with Crippen molar-refractivity contribution in [1.82, 2.24) is 5.32 Å². The molecule has 0 aliphatic heterocycles. The lowest BCUT2D eigenvalue weighted by Crippen LogP contribution is -2.45. The highest BCUT2D eigenvalue weighted by molar-refractivity contribution is 7.47. The first-order valence-corrected chi connectivity index (χ1v) is 34.2. The Morgan fingerprint density at radius 2 is 0.763 bits per heavy atom. The van der Waals surface area contributed by atoms with Crippen LogP contribution < -0.4 is 5.32 Å². The van der Waals surface area contributed by atoms with Gasteiger partial charge in [0.25, 0.3) is 0 Å². The molecule has 0 aliphatic carbocycles. The Balaban J connectivity index is 4.19. The minimum atomic E-state index is -4.37. The van der Waals surface area contributed by atoms with E-state index in [2.05, 4.69) is 67.8 Å². The number of phosphoric ester groups is 1. The van der Waals surface area contributed by atoms with E-state index < -0.39 is 20.0 Å². The van der Waals surface area contributed by atoms with Gasteiger partial charge in [0.15, 0.2) is 0 Å². The molecule has 0 spiro atoms. The molecule has 3 atom stereocenters. The first kappa shape index (κ1) is 74.2. The molecule has 3 N–H and O–H groups in total. The van der Waals surface area contributed by atoms with E-state index in [4.69, 9.17) is 9.05 Å². The number of hydrogen-bond acceptors (Lipinski definition) is 5. The Morgan fingerprint density at radius 1 is 0.447 bits per heavy atom. The number of amides is 1. The number of rotatable bonds is 60. The Hall–Kier alpha value is -1.80. The van der Waals surface area contributed by atoms with E-state index in [1.807, 2.05) is 27.2 Å². The van der Waals surface area contributed by atoms with Gasteiger partial charge in [-0.05, 0) is 77.0 Å². The maximum absolute atomic E-state index is 13.0. The van der Waals surface area contributed by atoms with Crippen molar-refractivity contribution in [2.75, 3.05) is 40.9 Å². The summed E-state index contributed by atoms with van der Waals surface area (Å²) < 4.78 is 23.8. The summed E-state index contributed by atoms with van der Waals surface area (Å²) in [7, 11) is 1.55. The van der Waals surface area contributed by atoms with Crippen LogP contribution in [0.15, 0.2) is 60.8 Å². The van der Waals surface area contributed by atoms with E-state index in [1.54, 1.807) is 6.08 Å². The fraction of sp³-hybridized carbons (Fsp3) is 0.836. The largest absolute Gasteiger partial charge is 0.472 e. The predicted molar refractivity (Wildman–Crippen MR) is 332 cm³/mol. The molecule has 0 aromatic rings. The molecule has 446 valence electrons. The van der Waals surface area contributed by atoms with Gasteiger partial charge in [-0.3, -0.25) is 13.8 Å². The number of hydrogen-bond donors (Lipinski definition) is 3. The van der Waals surface area contributed by atoms with E-state index in [0.29, 0.717) is 17.4 Å². The van der Waals surface area contributed by atoms with Crippen LogP contribution in [0.4, 0.5) is 0 Å². The lowest BCUT2D eigenvalue weighted by atomic mass is 10.0. The number of unbranched alkanes of at least 4 members (excludes halogenated alkanes) is 39. The molecule has 9 heteroatoms. The molecule has 0 fully saturated rings. The molecule has 0 saturated carbocycles. The van der Waals surface area contributed by atoms with Crippen LogP contribution in [-0.4, -0.2) is 73.4 Å². The number of quaternary nitrogens is 1. The fourth-order valence-corrected chi connectivity index (χ4v) is 10.3. The molecule has 1 amide bonds. The molecule has 0 aromatic carbocycles. The molecule has 0 aromatic heterocycles. The van der Waals surface area contributed by atoms with E-state index in [0.717, 1.165) is 51.4 Å². The van der Waals surface area contributed by atoms with Gasteiger partial charge in [-0.15, -0.1) is 0 Å². The molecule has 3 unspecified atom stereocenters. The van der Waals surface area contributed by atoms with Crippen molar-refractivity contribution in [1.29, 1.82) is 0 Å². The van der Waals surface area contributed by atoms with Gasteiger partial charge in [0.05, 0.1) is 39.9 Å². The van der Waals surface area contributed by atoms with Crippen LogP contribution in [0.2, 0.25) is 0 Å². The summed E-state index contributed by atoms with van der Waals surface area (Å²) in [5, 5.41) is 14.0. The van der Waals surface area contributed by atoms with Crippen molar-refractivity contribution in [2.24, 2.45) is 0 Å². The van der Waals surface area contributed by atoms with Gasteiger partial charge < -0.3 is 19.8 Å². The molecule has 0 radical (unpaired) electrons. The SMILES string of the molecule is CCCCCCCCCCC/C=C\C/C=C\CCCCCCCCCCCCCCCC(=O)NC(COP(=O)(O)OCC[N+](C)(C)C)C(O)/C=C/CC/C=C/CC/C=C/CCCCCCCCCCCCCCCCC. The predicted octanol–water partition coefficient (Wildman–Crippen LogP) is 20.4. The van der Waals surface area contributed by atoms with Crippen LogP contribution in [0.3, 0.4) is 0 Å². The molecule has 0 aliphatic rings. The molecule has 76 heavy (non-hydrogen) atoms. The normalized spacial score (nSPS) is 14.1. The molecule has 0 rings (SSSR count). The Morgan fingerprint density at radius 3 is 1.13 bits per heavy atom. The van der Waals surface area contributed by atoms with Gasteiger partial charge in [-0.2, -0.15) is 0 Å². The van der Waals surface area contributed by atoms with Crippen LogP contribution in [0.5, 0.6) is 0 Å². The number of aliphatic hydroxyl groups excluding tert-OH is 1. The van der Waals surface area contributed by atoms with Crippen molar-refractivity contribution in [3.63, 3.8) is 0 Å². The summed E-state index contributed by atoms with van der Waals surface area (Å²) in [5.74, 6) is -0.189. The van der Waals surface area contributed by atoms with Crippen LogP contribution in [-0.2, 0) is 18.4 Å². The second kappa shape index (κ2) is 57.9. The number of nitrogens with one attached hydrogen (secondary N) is 1. The van der Waals surface area contributed by atoms with Crippen LogP contribution in [0.25, 0.3) is 0 Å². The molecular weight excluding hydrogens is 960 g/mol. The third kappa shape index (κ3) is 59.9. The zero-order valence-electron chi connectivity index (χ0n) is 51.0. The van der Waals surface area contributed by atoms with Crippen molar-refractivity contribution in [3.8, 4) is 0 Å². The summed E-state index contributed by atoms with van der Waals surface area (Å²) in [6.07, 6.45) is 79.3. The maximum Gasteiger partial charge on any atom is 0.472 e. The van der Waals surface area contributed by atoms with Gasteiger partial charge in [0, 0.05) is 6.42 Å². The Bertz CT molecular complexity index is 1420. The average molecular weight is 1090 g/mol. The van der Waals surface area contributed by atoms with Crippen molar-refractivity contribution < 1.29 is 32.9 Å². The summed E-state index contributed by atoms with van der Waals surface area (Å²) >= 11 is 0. The summed E-state index contributed by atoms with van der Waals surface area (Å²) in [4.78, 5) is 23.4. The second-order valence-electron chi connectivity index (χ2n) is 23.5. The van der Waals surface area contributed by atoms with Crippen LogP contribution in [0, 0.1) is 0 Å². The summed E-state index contributed by atoms with van der Waals surface area (Å²) in [5.41, 5.74) is 0. The molecule has 0 saturated heterocycles. The topological polar surface area (TPSA) is 105 Å². The third-order valence-corrected chi connectivity index (χ3v) is 15.7. The minimum absolute atomic E-state index is 0.0524. The van der Waals surface area contributed by atoms with E-state index in [1.165, 1.54) is 238 Å². The lowest BCUT2D eigenvalue weighted by Gasteiger charge is -2.25. The summed E-state index contributed by atoms with van der Waals surface area (Å²) in [6.45, 7) is 4.82. The smallest absolute Gasteiger partial charge is 0.387 e. The van der Waals surface area contributed by atoms with Crippen molar-refractivity contribution in [3.05, 3.63) is 60.8 Å². The highest BCUT2D eigenvalue weighted by Gasteiger charge is 2.27. The number of phosphoric acid groups is 1.